The van der Waals surface area contributed by atoms with E-state index in [1.807, 2.05) is 37.3 Å². The van der Waals surface area contributed by atoms with Gasteiger partial charge in [-0.1, -0.05) is 6.07 Å². The van der Waals surface area contributed by atoms with Crippen molar-refractivity contribution in [3.8, 4) is 17.9 Å². The van der Waals surface area contributed by atoms with Gasteiger partial charge in [0.1, 0.15) is 58.2 Å². The molecule has 2 aliphatic heterocycles. The van der Waals surface area contributed by atoms with Gasteiger partial charge in [0, 0.05) is 73.1 Å². The number of amides is 1. The second-order valence-electron chi connectivity index (χ2n) is 14.4. The minimum absolute atomic E-state index is 0.0202. The number of nitriles is 2. The van der Waals surface area contributed by atoms with Crippen molar-refractivity contribution in [2.45, 2.75) is 25.5 Å². The van der Waals surface area contributed by atoms with Crippen LogP contribution in [0.5, 0.6) is 5.75 Å². The van der Waals surface area contributed by atoms with Crippen LogP contribution in [-0.2, 0) is 16.9 Å². The summed E-state index contributed by atoms with van der Waals surface area (Å²) < 4.78 is 43.6. The van der Waals surface area contributed by atoms with E-state index in [0.29, 0.717) is 47.7 Å². The first-order valence-corrected chi connectivity index (χ1v) is 19.8. The van der Waals surface area contributed by atoms with Gasteiger partial charge in [0.2, 0.25) is 0 Å². The van der Waals surface area contributed by atoms with Crippen LogP contribution in [0.4, 0.5) is 26.0 Å². The van der Waals surface area contributed by atoms with Crippen LogP contribution >= 0.6 is 15.9 Å². The Morgan fingerprint density at radius 2 is 1.62 bits per heavy atom. The number of aromatic nitrogens is 5. The number of carbonyl (C=O) groups is 1. The van der Waals surface area contributed by atoms with Crippen LogP contribution in [0, 0.1) is 47.1 Å². The van der Waals surface area contributed by atoms with Crippen molar-refractivity contribution in [1.82, 2.24) is 24.7 Å². The van der Waals surface area contributed by atoms with Crippen LogP contribution in [-0.4, -0.2) is 70.0 Å². The number of hydrogen-bond acceptors (Lipinski definition) is 11. The fourth-order valence-electron chi connectivity index (χ4n) is 7.20. The Morgan fingerprint density at radius 1 is 0.917 bits per heavy atom. The Balaban J connectivity index is 0.000000537. The zero-order valence-corrected chi connectivity index (χ0v) is 34.1. The molecule has 16 heteroatoms. The Morgan fingerprint density at radius 3 is 2.23 bits per heavy atom. The number of carbonyl (C=O) groups excluding carboxylic acids is 1. The van der Waals surface area contributed by atoms with Gasteiger partial charge in [0.25, 0.3) is 5.91 Å². The van der Waals surface area contributed by atoms with Gasteiger partial charge in [0.15, 0.2) is 0 Å². The second kappa shape index (κ2) is 18.9. The lowest BCUT2D eigenvalue weighted by atomic mass is 9.87. The molecule has 0 saturated carbocycles. The highest BCUT2D eigenvalue weighted by Gasteiger charge is 2.44. The van der Waals surface area contributed by atoms with Crippen molar-refractivity contribution in [3.05, 3.63) is 154 Å². The molecule has 0 aliphatic carbocycles. The Kier molecular flexibility index (Phi) is 13.0. The summed E-state index contributed by atoms with van der Waals surface area (Å²) in [5.74, 6) is -0.410. The number of piperazine rings is 1. The SMILES string of the molecule is Cc1cc(N2CCN(c3ccc(C(=O)Nc4ccc(C#N)cn4)cc3)CC2)ccc1OC[C@@H]1CO[C@@](Cn2cncn2)(c2ccc(F)cc2F)C1.N#Cc1ccc(Br)nc1. The number of benzene rings is 3. The van der Waals surface area contributed by atoms with E-state index in [2.05, 4.69) is 63.2 Å². The van der Waals surface area contributed by atoms with Crippen molar-refractivity contribution < 1.29 is 23.0 Å². The van der Waals surface area contributed by atoms with Crippen LogP contribution in [0.2, 0.25) is 0 Å². The second-order valence-corrected chi connectivity index (χ2v) is 15.2. The normalized spacial score (nSPS) is 17.2. The lowest BCUT2D eigenvalue weighted by Crippen LogP contribution is -2.46. The van der Waals surface area contributed by atoms with E-state index in [-0.39, 0.29) is 18.4 Å². The highest BCUT2D eigenvalue weighted by molar-refractivity contribution is 9.10. The number of nitrogens with zero attached hydrogens (tertiary/aromatic N) is 9. The highest BCUT2D eigenvalue weighted by atomic mass is 79.9. The van der Waals surface area contributed by atoms with Crippen LogP contribution in [0.25, 0.3) is 0 Å². The number of ether oxygens (including phenoxy) is 2. The molecule has 1 N–H and O–H groups in total. The molecule has 8 rings (SSSR count). The molecule has 2 fully saturated rings. The summed E-state index contributed by atoms with van der Waals surface area (Å²) in [6.07, 6.45) is 6.39. The molecule has 6 aromatic rings. The summed E-state index contributed by atoms with van der Waals surface area (Å²) in [7, 11) is 0. The molecule has 2 saturated heterocycles. The molecule has 2 aliphatic rings. The fourth-order valence-corrected chi connectivity index (χ4v) is 7.43. The van der Waals surface area contributed by atoms with Gasteiger partial charge in [-0.05, 0) is 108 Å². The van der Waals surface area contributed by atoms with Gasteiger partial charge in [0.05, 0.1) is 30.9 Å². The van der Waals surface area contributed by atoms with Crippen molar-refractivity contribution in [3.63, 3.8) is 0 Å². The summed E-state index contributed by atoms with van der Waals surface area (Å²) in [4.78, 5) is 29.3. The molecule has 0 bridgehead atoms. The molecule has 0 radical (unpaired) electrons. The molecule has 0 unspecified atom stereocenters. The number of anilines is 3. The third-order valence-electron chi connectivity index (χ3n) is 10.3. The number of hydrogen-bond donors (Lipinski definition) is 1. The predicted octanol–water partition coefficient (Wildman–Crippen LogP) is 7.44. The number of pyridine rings is 2. The van der Waals surface area contributed by atoms with Crippen molar-refractivity contribution >= 4 is 39.0 Å². The fraction of sp³-hybridized carbons (Fsp3) is 0.250. The summed E-state index contributed by atoms with van der Waals surface area (Å²) in [6.45, 7) is 6.33. The summed E-state index contributed by atoms with van der Waals surface area (Å²) in [5, 5.41) is 24.2. The van der Waals surface area contributed by atoms with Crippen LogP contribution in [0.15, 0.2) is 115 Å². The quantitative estimate of drug-likeness (QED) is 0.137. The smallest absolute Gasteiger partial charge is 0.256 e. The standard InChI is InChI=1S/C38H36F2N8O3.C6H3BrN2/c1-26-16-32(47-14-12-46(13-15-47)31-6-3-29(4-7-31)37(49)45-36-11-2-27(19-41)20-43-36)8-10-35(26)50-21-28-18-38(51-22-28,23-48-25-42-24-44-48)33-9-5-30(39)17-34(33)40;7-6-2-1-5(3-8)4-9-6/h2-11,16-17,20,24-25,28H,12-15,18,21-23H2,1H3,(H,43,45,49);1-2,4H/t28-,38+;/m1./s1. The summed E-state index contributed by atoms with van der Waals surface area (Å²) >= 11 is 3.15. The van der Waals surface area contributed by atoms with Crippen LogP contribution in [0.3, 0.4) is 0 Å². The number of rotatable bonds is 10. The number of nitrogens with one attached hydrogen (secondary N) is 1. The minimum atomic E-state index is -1.03. The topological polar surface area (TPSA) is 158 Å². The van der Waals surface area contributed by atoms with E-state index < -0.39 is 17.2 Å². The molecular formula is C44H39BrF2N10O3. The van der Waals surface area contributed by atoms with E-state index in [0.717, 1.165) is 59.5 Å². The molecule has 60 heavy (non-hydrogen) atoms. The van der Waals surface area contributed by atoms with Crippen molar-refractivity contribution in [2.24, 2.45) is 5.92 Å². The lowest BCUT2D eigenvalue weighted by molar-refractivity contribution is -0.0206. The molecule has 13 nitrogen and oxygen atoms in total. The average Bonchev–Trinajstić information content (AvgIpc) is 3.94. The molecule has 5 heterocycles. The third kappa shape index (κ3) is 10.1. The summed E-state index contributed by atoms with van der Waals surface area (Å²) in [5.41, 5.74) is 3.98. The van der Waals surface area contributed by atoms with Gasteiger partial charge < -0.3 is 24.6 Å². The zero-order chi connectivity index (χ0) is 42.1. The van der Waals surface area contributed by atoms with Gasteiger partial charge in [-0.25, -0.2) is 28.4 Å². The van der Waals surface area contributed by atoms with E-state index in [1.54, 1.807) is 47.4 Å². The molecule has 1 amide bonds. The third-order valence-corrected chi connectivity index (χ3v) is 10.8. The molecule has 0 spiro atoms. The summed E-state index contributed by atoms with van der Waals surface area (Å²) in [6, 6.07) is 27.9. The highest BCUT2D eigenvalue weighted by Crippen LogP contribution is 2.42. The first-order chi connectivity index (χ1) is 29.1. The molecule has 304 valence electrons. The van der Waals surface area contributed by atoms with Crippen LogP contribution in [0.1, 0.15) is 39.0 Å². The number of aryl methyl sites for hydroxylation is 1. The molecular weight excluding hydrogens is 834 g/mol. The van der Waals surface area contributed by atoms with Gasteiger partial charge in [-0.2, -0.15) is 15.6 Å². The van der Waals surface area contributed by atoms with Gasteiger partial charge in [-0.3, -0.25) is 4.79 Å². The maximum absolute atomic E-state index is 15.0. The van der Waals surface area contributed by atoms with E-state index >= 15 is 4.39 Å². The van der Waals surface area contributed by atoms with Gasteiger partial charge >= 0.3 is 0 Å². The first kappa shape index (κ1) is 41.4. The largest absolute Gasteiger partial charge is 0.493 e. The van der Waals surface area contributed by atoms with E-state index in [4.69, 9.17) is 20.0 Å². The Hall–Kier alpha value is -6.75. The predicted molar refractivity (Wildman–Crippen MR) is 223 cm³/mol. The maximum atomic E-state index is 15.0. The van der Waals surface area contributed by atoms with Crippen molar-refractivity contribution in [2.75, 3.05) is 54.5 Å². The lowest BCUT2D eigenvalue weighted by Gasteiger charge is -2.37. The maximum Gasteiger partial charge on any atom is 0.256 e. The van der Waals surface area contributed by atoms with E-state index in [1.165, 1.54) is 30.9 Å². The first-order valence-electron chi connectivity index (χ1n) is 19.1. The van der Waals surface area contributed by atoms with E-state index in [9.17, 15) is 9.18 Å². The molecule has 3 aromatic heterocycles. The van der Waals surface area contributed by atoms with Crippen molar-refractivity contribution in [1.29, 1.82) is 10.5 Å². The Bertz CT molecular complexity index is 2490. The Labute approximate surface area is 354 Å². The van der Waals surface area contributed by atoms with Gasteiger partial charge in [-0.15, -0.1) is 0 Å². The zero-order valence-electron chi connectivity index (χ0n) is 32.5. The molecule has 3 aromatic carbocycles. The minimum Gasteiger partial charge on any atom is -0.493 e. The monoisotopic (exact) mass is 872 g/mol. The number of halogens is 3. The average molecular weight is 874 g/mol. The van der Waals surface area contributed by atoms with Crippen LogP contribution < -0.4 is 19.9 Å². The molecule has 2 atom stereocenters.